The predicted molar refractivity (Wildman–Crippen MR) is 133 cm³/mol. The lowest BCUT2D eigenvalue weighted by molar-refractivity contribution is 0.179. The number of nitrogens with one attached hydrogen (secondary N) is 1. The van der Waals surface area contributed by atoms with Crippen molar-refractivity contribution < 1.29 is 18.7 Å². The van der Waals surface area contributed by atoms with Crippen LogP contribution in [0.1, 0.15) is 30.4 Å². The van der Waals surface area contributed by atoms with E-state index in [1.807, 2.05) is 35.2 Å². The number of nitrogens with zero attached hydrogens (tertiary/aromatic N) is 2. The third-order valence-electron chi connectivity index (χ3n) is 6.83. The summed E-state index contributed by atoms with van der Waals surface area (Å²) in [5.74, 6) is 0.991. The number of carbonyl (C=O) groups is 1. The Hall–Kier alpha value is -3.87. The summed E-state index contributed by atoms with van der Waals surface area (Å²) in [6, 6.07) is 16.6. The third-order valence-corrected chi connectivity index (χ3v) is 6.83. The van der Waals surface area contributed by atoms with E-state index in [1.54, 1.807) is 44.7 Å². The zero-order valence-corrected chi connectivity index (χ0v) is 19.8. The van der Waals surface area contributed by atoms with Gasteiger partial charge in [0.1, 0.15) is 11.6 Å². The third kappa shape index (κ3) is 4.71. The number of aromatic nitrogens is 1. The van der Waals surface area contributed by atoms with Crippen molar-refractivity contribution in [3.8, 4) is 22.8 Å². The van der Waals surface area contributed by atoms with Crippen LogP contribution < -0.4 is 14.8 Å². The van der Waals surface area contributed by atoms with Crippen molar-refractivity contribution in [1.82, 2.24) is 15.2 Å². The Morgan fingerprint density at radius 3 is 2.51 bits per heavy atom. The van der Waals surface area contributed by atoms with E-state index in [-0.39, 0.29) is 23.9 Å². The summed E-state index contributed by atoms with van der Waals surface area (Å²) in [5, 5.41) is 3.05. The Kier molecular flexibility index (Phi) is 6.40. The number of fused-ring (bicyclic) bond motifs is 2. The molecule has 0 radical (unpaired) electrons. The van der Waals surface area contributed by atoms with Gasteiger partial charge in [-0.25, -0.2) is 14.2 Å². The van der Waals surface area contributed by atoms with E-state index in [0.29, 0.717) is 23.6 Å². The van der Waals surface area contributed by atoms with Gasteiger partial charge in [0.05, 0.1) is 20.3 Å². The zero-order chi connectivity index (χ0) is 24.4. The summed E-state index contributed by atoms with van der Waals surface area (Å²) in [5.41, 5.74) is 4.18. The van der Waals surface area contributed by atoms with Crippen molar-refractivity contribution in [1.29, 1.82) is 0 Å². The second-order valence-electron chi connectivity index (χ2n) is 8.89. The fraction of sp³-hybridized carbons (Fsp3) is 0.286. The summed E-state index contributed by atoms with van der Waals surface area (Å²) in [6.07, 6.45) is 6.32. The number of hydrogen-bond donors (Lipinski definition) is 1. The zero-order valence-electron chi connectivity index (χ0n) is 19.8. The van der Waals surface area contributed by atoms with Crippen LogP contribution in [0.25, 0.3) is 16.7 Å². The molecule has 5 rings (SSSR count). The molecule has 180 valence electrons. The summed E-state index contributed by atoms with van der Waals surface area (Å²) in [6.45, 7) is 0.461. The van der Waals surface area contributed by atoms with Gasteiger partial charge in [0.15, 0.2) is 0 Å². The molecule has 7 heteroatoms. The fourth-order valence-corrected chi connectivity index (χ4v) is 4.98. The van der Waals surface area contributed by atoms with Gasteiger partial charge in [-0.15, -0.1) is 0 Å². The molecule has 1 fully saturated rings. The predicted octanol–water partition coefficient (Wildman–Crippen LogP) is 5.43. The first-order chi connectivity index (χ1) is 17.1. The lowest BCUT2D eigenvalue weighted by atomic mass is 9.93. The first-order valence-corrected chi connectivity index (χ1v) is 11.8. The summed E-state index contributed by atoms with van der Waals surface area (Å²) < 4.78 is 25.3. The van der Waals surface area contributed by atoms with Gasteiger partial charge < -0.3 is 19.7 Å². The molecule has 2 aliphatic rings. The first-order valence-electron chi connectivity index (χ1n) is 11.8. The average molecular weight is 474 g/mol. The van der Waals surface area contributed by atoms with Crippen molar-refractivity contribution in [2.75, 3.05) is 14.2 Å². The molecule has 0 saturated carbocycles. The molecular formula is C28H28FN3O3. The number of benzene rings is 2. The van der Waals surface area contributed by atoms with Gasteiger partial charge >= 0.3 is 6.03 Å². The fourth-order valence-electron chi connectivity index (χ4n) is 4.98. The second kappa shape index (κ2) is 9.78. The summed E-state index contributed by atoms with van der Waals surface area (Å²) in [7, 11) is 3.18. The lowest BCUT2D eigenvalue weighted by Gasteiger charge is -2.34. The number of halogens is 1. The van der Waals surface area contributed by atoms with Crippen LogP contribution in [-0.4, -0.2) is 42.2 Å². The van der Waals surface area contributed by atoms with Crippen LogP contribution in [0.15, 0.2) is 66.9 Å². The minimum atomic E-state index is -0.289. The van der Waals surface area contributed by atoms with Crippen LogP contribution >= 0.6 is 0 Å². The number of pyridine rings is 1. The standard InChI is InChI=1S/C28H28FN3O3/c1-34-24-9-3-18(4-10-24)16-31-28(33)32-22-7-8-23(32)14-21(13-22)19-5-11-25(26(29)15-19)20-6-12-27(35-2)30-17-20/h3-6,9-13,15,17,22-23H,7-8,14,16H2,1-2H3,(H,31,33). The van der Waals surface area contributed by atoms with E-state index in [9.17, 15) is 4.79 Å². The highest BCUT2D eigenvalue weighted by atomic mass is 19.1. The molecule has 35 heavy (non-hydrogen) atoms. The summed E-state index contributed by atoms with van der Waals surface area (Å²) in [4.78, 5) is 19.1. The minimum Gasteiger partial charge on any atom is -0.497 e. The highest BCUT2D eigenvalue weighted by molar-refractivity contribution is 5.79. The van der Waals surface area contributed by atoms with Crippen molar-refractivity contribution >= 4 is 11.6 Å². The van der Waals surface area contributed by atoms with Gasteiger partial charge in [-0.2, -0.15) is 0 Å². The Morgan fingerprint density at radius 2 is 1.86 bits per heavy atom. The molecule has 1 aromatic heterocycles. The molecule has 1 saturated heterocycles. The van der Waals surface area contributed by atoms with E-state index in [4.69, 9.17) is 9.47 Å². The van der Waals surface area contributed by atoms with E-state index in [0.717, 1.165) is 41.7 Å². The number of amides is 2. The maximum atomic E-state index is 15.0. The monoisotopic (exact) mass is 473 g/mol. The van der Waals surface area contributed by atoms with E-state index >= 15 is 4.39 Å². The van der Waals surface area contributed by atoms with Crippen LogP contribution in [0.3, 0.4) is 0 Å². The SMILES string of the molecule is COc1ccc(CNC(=O)N2C3C=C(c4ccc(-c5ccc(OC)nc5)c(F)c4)CC2CC3)cc1. The molecule has 2 aromatic carbocycles. The molecule has 0 spiro atoms. The normalized spacial score (nSPS) is 18.7. The molecule has 1 N–H and O–H groups in total. The van der Waals surface area contributed by atoms with Crippen LogP contribution in [0.4, 0.5) is 9.18 Å². The second-order valence-corrected chi connectivity index (χ2v) is 8.89. The molecule has 2 atom stereocenters. The molecule has 2 aliphatic heterocycles. The number of hydrogen-bond acceptors (Lipinski definition) is 4. The quantitative estimate of drug-likeness (QED) is 0.518. The van der Waals surface area contributed by atoms with Crippen LogP contribution in [0, 0.1) is 5.82 Å². The van der Waals surface area contributed by atoms with Crippen molar-refractivity contribution in [2.24, 2.45) is 0 Å². The summed E-state index contributed by atoms with van der Waals surface area (Å²) >= 11 is 0. The molecule has 2 amide bonds. The number of carbonyl (C=O) groups excluding carboxylic acids is 1. The van der Waals surface area contributed by atoms with E-state index < -0.39 is 0 Å². The van der Waals surface area contributed by atoms with Gasteiger partial charge in [-0.05, 0) is 60.2 Å². The van der Waals surface area contributed by atoms with Crippen molar-refractivity contribution in [3.63, 3.8) is 0 Å². The van der Waals surface area contributed by atoms with E-state index in [1.165, 1.54) is 0 Å². The van der Waals surface area contributed by atoms with Gasteiger partial charge in [0.25, 0.3) is 0 Å². The first kappa shape index (κ1) is 22.9. The van der Waals surface area contributed by atoms with Crippen LogP contribution in [0.2, 0.25) is 0 Å². The highest BCUT2D eigenvalue weighted by Gasteiger charge is 2.39. The number of urea groups is 1. The van der Waals surface area contributed by atoms with Gasteiger partial charge in [-0.3, -0.25) is 0 Å². The molecule has 3 heterocycles. The molecule has 0 aliphatic carbocycles. The average Bonchev–Trinajstić information content (AvgIpc) is 3.16. The lowest BCUT2D eigenvalue weighted by Crippen LogP contribution is -2.48. The molecule has 2 unspecified atom stereocenters. The molecule has 2 bridgehead atoms. The Bertz CT molecular complexity index is 1240. The van der Waals surface area contributed by atoms with E-state index in [2.05, 4.69) is 16.4 Å². The minimum absolute atomic E-state index is 0.0214. The maximum Gasteiger partial charge on any atom is 0.318 e. The van der Waals surface area contributed by atoms with Crippen LogP contribution in [-0.2, 0) is 6.54 Å². The number of ether oxygens (including phenoxy) is 2. The maximum absolute atomic E-state index is 15.0. The van der Waals surface area contributed by atoms with Gasteiger partial charge in [0.2, 0.25) is 5.88 Å². The number of rotatable bonds is 6. The topological polar surface area (TPSA) is 63.7 Å². The Morgan fingerprint density at radius 1 is 1.06 bits per heavy atom. The number of methoxy groups -OCH3 is 2. The molecular weight excluding hydrogens is 445 g/mol. The molecule has 6 nitrogen and oxygen atoms in total. The smallest absolute Gasteiger partial charge is 0.318 e. The van der Waals surface area contributed by atoms with Gasteiger partial charge in [-0.1, -0.05) is 30.3 Å². The van der Waals surface area contributed by atoms with Crippen molar-refractivity contribution in [2.45, 2.75) is 37.9 Å². The molecule has 3 aromatic rings. The van der Waals surface area contributed by atoms with Crippen LogP contribution in [0.5, 0.6) is 11.6 Å². The van der Waals surface area contributed by atoms with Gasteiger partial charge in [0, 0.05) is 36.0 Å². The Balaban J connectivity index is 1.28. The Labute approximate surface area is 204 Å². The van der Waals surface area contributed by atoms with Crippen molar-refractivity contribution in [3.05, 3.63) is 83.8 Å². The highest BCUT2D eigenvalue weighted by Crippen LogP contribution is 2.39. The largest absolute Gasteiger partial charge is 0.497 e.